The SMILES string of the molecule is CC1=C[C@H]2C[C@H]1[C@H]1C(=O)N(c3cccc(C(=O)OCC(=O)c4ccc(C)cc4)c3)C(=O)[C@H]12. The third-order valence-electron chi connectivity index (χ3n) is 6.93. The molecule has 2 amide bonds. The average Bonchev–Trinajstić information content (AvgIpc) is 3.42. The summed E-state index contributed by atoms with van der Waals surface area (Å²) in [6.07, 6.45) is 2.99. The van der Waals surface area contributed by atoms with E-state index in [1.54, 1.807) is 30.3 Å². The maximum absolute atomic E-state index is 13.1. The third kappa shape index (κ3) is 3.18. The van der Waals surface area contributed by atoms with Crippen molar-refractivity contribution >= 4 is 29.3 Å². The van der Waals surface area contributed by atoms with Gasteiger partial charge >= 0.3 is 5.97 Å². The molecule has 1 aliphatic heterocycles. The van der Waals surface area contributed by atoms with Gasteiger partial charge in [0.25, 0.3) is 0 Å². The van der Waals surface area contributed by atoms with Crippen LogP contribution in [0.1, 0.15) is 39.6 Å². The van der Waals surface area contributed by atoms with Crippen molar-refractivity contribution in [2.75, 3.05) is 11.5 Å². The lowest BCUT2D eigenvalue weighted by Gasteiger charge is -2.19. The van der Waals surface area contributed by atoms with Gasteiger partial charge in [0.2, 0.25) is 11.8 Å². The quantitative estimate of drug-likeness (QED) is 0.313. The van der Waals surface area contributed by atoms with Crippen LogP contribution >= 0.6 is 0 Å². The number of ketones is 1. The van der Waals surface area contributed by atoms with Gasteiger partial charge in [0.05, 0.1) is 23.1 Å². The number of carbonyl (C=O) groups is 4. The van der Waals surface area contributed by atoms with Crippen molar-refractivity contribution in [1.82, 2.24) is 0 Å². The van der Waals surface area contributed by atoms with Crippen LogP contribution < -0.4 is 4.90 Å². The number of benzene rings is 2. The number of imide groups is 1. The first-order chi connectivity index (χ1) is 15.3. The van der Waals surface area contributed by atoms with Gasteiger partial charge in [-0.15, -0.1) is 0 Å². The monoisotopic (exact) mass is 429 g/mol. The van der Waals surface area contributed by atoms with E-state index in [1.807, 2.05) is 26.0 Å². The second-order valence-electron chi connectivity index (χ2n) is 8.90. The summed E-state index contributed by atoms with van der Waals surface area (Å²) in [4.78, 5) is 52.3. The number of anilines is 1. The van der Waals surface area contributed by atoms with Crippen LogP contribution in [0.4, 0.5) is 5.69 Å². The third-order valence-corrected chi connectivity index (χ3v) is 6.93. The van der Waals surface area contributed by atoms with Crippen molar-refractivity contribution in [2.24, 2.45) is 23.7 Å². The molecule has 1 heterocycles. The maximum Gasteiger partial charge on any atom is 0.338 e. The van der Waals surface area contributed by atoms with Crippen molar-refractivity contribution in [3.8, 4) is 0 Å². The Morgan fingerprint density at radius 3 is 2.44 bits per heavy atom. The van der Waals surface area contributed by atoms with Gasteiger partial charge < -0.3 is 4.74 Å². The Bertz CT molecular complexity index is 1180. The number of allylic oxidation sites excluding steroid dienone is 2. The molecule has 2 fully saturated rings. The Kier molecular flexibility index (Phi) is 4.81. The molecule has 0 spiro atoms. The van der Waals surface area contributed by atoms with Crippen molar-refractivity contribution < 1.29 is 23.9 Å². The topological polar surface area (TPSA) is 80.8 Å². The zero-order chi connectivity index (χ0) is 22.6. The largest absolute Gasteiger partial charge is 0.454 e. The van der Waals surface area contributed by atoms with Crippen LogP contribution in [0, 0.1) is 30.6 Å². The molecule has 1 saturated heterocycles. The molecule has 6 nitrogen and oxygen atoms in total. The number of amides is 2. The van der Waals surface area contributed by atoms with Crippen molar-refractivity contribution in [3.63, 3.8) is 0 Å². The Hall–Kier alpha value is -3.54. The fourth-order valence-corrected chi connectivity index (χ4v) is 5.34. The highest BCUT2D eigenvalue weighted by atomic mass is 16.5. The smallest absolute Gasteiger partial charge is 0.338 e. The van der Waals surface area contributed by atoms with E-state index >= 15 is 0 Å². The molecule has 0 aromatic heterocycles. The van der Waals surface area contributed by atoms with E-state index in [-0.39, 0.29) is 53.4 Å². The summed E-state index contributed by atoms with van der Waals surface area (Å²) in [5, 5.41) is 0. The minimum Gasteiger partial charge on any atom is -0.454 e. The summed E-state index contributed by atoms with van der Waals surface area (Å²) in [6, 6.07) is 13.3. The fraction of sp³-hybridized carbons (Fsp3) is 0.308. The van der Waals surface area contributed by atoms with Crippen LogP contribution in [0.15, 0.2) is 60.2 Å². The standard InChI is InChI=1S/C26H23NO5/c1-14-6-8-16(9-7-14)21(28)13-32-26(31)17-4-3-5-19(11-17)27-24(29)22-18-10-15(2)20(12-18)23(22)25(27)30/h3-11,18,20,22-23H,12-13H2,1-2H3/t18-,20+,22-,23+/m0/s1. The molecule has 1 saturated carbocycles. The highest BCUT2D eigenvalue weighted by Gasteiger charge is 2.60. The molecule has 2 bridgehead atoms. The van der Waals surface area contributed by atoms with E-state index in [1.165, 1.54) is 16.5 Å². The van der Waals surface area contributed by atoms with Gasteiger partial charge in [-0.25, -0.2) is 9.69 Å². The average molecular weight is 429 g/mol. The van der Waals surface area contributed by atoms with Gasteiger partial charge in [-0.05, 0) is 50.3 Å². The summed E-state index contributed by atoms with van der Waals surface area (Å²) in [5.74, 6) is -1.73. The van der Waals surface area contributed by atoms with Crippen molar-refractivity contribution in [1.29, 1.82) is 0 Å². The second-order valence-corrected chi connectivity index (χ2v) is 8.90. The molecule has 5 rings (SSSR count). The van der Waals surface area contributed by atoms with Crippen LogP contribution in [0.2, 0.25) is 0 Å². The molecule has 2 aromatic rings. The van der Waals surface area contributed by atoms with Gasteiger partial charge in [0, 0.05) is 5.56 Å². The van der Waals surface area contributed by atoms with Crippen LogP contribution in [-0.4, -0.2) is 30.2 Å². The van der Waals surface area contributed by atoms with E-state index < -0.39 is 5.97 Å². The molecule has 0 unspecified atom stereocenters. The van der Waals surface area contributed by atoms with Gasteiger partial charge in [-0.3, -0.25) is 14.4 Å². The summed E-state index contributed by atoms with van der Waals surface area (Å²) >= 11 is 0. The number of hydrogen-bond acceptors (Lipinski definition) is 5. The number of carbonyl (C=O) groups excluding carboxylic acids is 4. The fourth-order valence-electron chi connectivity index (χ4n) is 5.34. The normalized spacial score (nSPS) is 25.7. The first kappa shape index (κ1) is 20.4. The number of rotatable bonds is 5. The summed E-state index contributed by atoms with van der Waals surface area (Å²) in [7, 11) is 0. The second kappa shape index (κ2) is 7.55. The predicted octanol–water partition coefficient (Wildman–Crippen LogP) is 3.74. The zero-order valence-corrected chi connectivity index (χ0v) is 17.9. The van der Waals surface area contributed by atoms with Crippen LogP contribution in [0.3, 0.4) is 0 Å². The Morgan fingerprint density at radius 1 is 0.969 bits per heavy atom. The minimum atomic E-state index is -0.677. The first-order valence-electron chi connectivity index (χ1n) is 10.8. The molecule has 162 valence electrons. The molecule has 2 aliphatic carbocycles. The van der Waals surface area contributed by atoms with Crippen molar-refractivity contribution in [2.45, 2.75) is 20.3 Å². The zero-order valence-electron chi connectivity index (χ0n) is 17.9. The number of nitrogens with zero attached hydrogens (tertiary/aromatic N) is 1. The van der Waals surface area contributed by atoms with Gasteiger partial charge in [0.15, 0.2) is 12.4 Å². The summed E-state index contributed by atoms with van der Waals surface area (Å²) in [5.41, 5.74) is 3.25. The molecule has 0 radical (unpaired) electrons. The van der Waals surface area contributed by atoms with Crippen LogP contribution in [0.25, 0.3) is 0 Å². The Balaban J connectivity index is 1.30. The van der Waals surface area contributed by atoms with Gasteiger partial charge in [0.1, 0.15) is 0 Å². The molecule has 3 aliphatic rings. The van der Waals surface area contributed by atoms with Crippen molar-refractivity contribution in [3.05, 3.63) is 76.9 Å². The highest BCUT2D eigenvalue weighted by Crippen LogP contribution is 2.55. The lowest BCUT2D eigenvalue weighted by atomic mass is 9.82. The maximum atomic E-state index is 13.1. The van der Waals surface area contributed by atoms with E-state index in [0.29, 0.717) is 11.3 Å². The highest BCUT2D eigenvalue weighted by molar-refractivity contribution is 6.23. The molecular formula is C26H23NO5. The molecule has 4 atom stereocenters. The lowest BCUT2D eigenvalue weighted by Crippen LogP contribution is -2.33. The minimum absolute atomic E-state index is 0.118. The van der Waals surface area contributed by atoms with E-state index in [9.17, 15) is 19.2 Å². The molecule has 32 heavy (non-hydrogen) atoms. The number of esters is 1. The molecule has 2 aromatic carbocycles. The summed E-state index contributed by atoms with van der Waals surface area (Å²) < 4.78 is 5.19. The Labute approximate surface area is 185 Å². The van der Waals surface area contributed by atoms with E-state index in [0.717, 1.165) is 12.0 Å². The van der Waals surface area contributed by atoms with Gasteiger partial charge in [-0.1, -0.05) is 47.5 Å². The first-order valence-corrected chi connectivity index (χ1v) is 10.8. The van der Waals surface area contributed by atoms with E-state index in [4.69, 9.17) is 4.74 Å². The van der Waals surface area contributed by atoms with E-state index in [2.05, 4.69) is 6.08 Å². The number of fused-ring (bicyclic) bond motifs is 5. The number of hydrogen-bond donors (Lipinski definition) is 0. The molecule has 0 N–H and O–H groups in total. The lowest BCUT2D eigenvalue weighted by molar-refractivity contribution is -0.123. The Morgan fingerprint density at radius 2 is 1.69 bits per heavy atom. The number of Topliss-reactive ketones (excluding diaryl/α,β-unsaturated/α-hetero) is 1. The number of aryl methyl sites for hydroxylation is 1. The number of ether oxygens (including phenoxy) is 1. The van der Waals surface area contributed by atoms with Gasteiger partial charge in [-0.2, -0.15) is 0 Å². The van der Waals surface area contributed by atoms with Crippen LogP contribution in [-0.2, 0) is 14.3 Å². The summed E-state index contributed by atoms with van der Waals surface area (Å²) in [6.45, 7) is 3.56. The molecular weight excluding hydrogens is 406 g/mol. The van der Waals surface area contributed by atoms with Crippen LogP contribution in [0.5, 0.6) is 0 Å². The molecule has 6 heteroatoms. The predicted molar refractivity (Wildman–Crippen MR) is 117 cm³/mol.